The summed E-state index contributed by atoms with van der Waals surface area (Å²) < 4.78 is 29.6. The summed E-state index contributed by atoms with van der Waals surface area (Å²) in [5, 5.41) is 6.38. The van der Waals surface area contributed by atoms with Gasteiger partial charge in [-0.3, -0.25) is 9.59 Å². The molecular formula is C21H20N4O5S2. The molecule has 0 atom stereocenters. The van der Waals surface area contributed by atoms with Crippen LogP contribution in [0.15, 0.2) is 29.6 Å². The number of carbonyl (C=O) groups is 1. The third-order valence-electron chi connectivity index (χ3n) is 5.45. The molecule has 3 N–H and O–H groups in total. The second-order valence-corrected chi connectivity index (χ2v) is 11.1. The summed E-state index contributed by atoms with van der Waals surface area (Å²) in [7, 11) is -3.16. The van der Waals surface area contributed by atoms with E-state index >= 15 is 0 Å². The number of thiophene rings is 1. The number of ether oxygens (including phenoxy) is 1. The highest BCUT2D eigenvalue weighted by Gasteiger charge is 2.25. The minimum atomic E-state index is -3.16. The van der Waals surface area contributed by atoms with Crippen LogP contribution in [0.25, 0.3) is 15.9 Å². The van der Waals surface area contributed by atoms with E-state index in [1.165, 1.54) is 11.3 Å². The average molecular weight is 473 g/mol. The van der Waals surface area contributed by atoms with Crippen LogP contribution >= 0.6 is 11.3 Å². The van der Waals surface area contributed by atoms with E-state index in [2.05, 4.69) is 27.2 Å². The molecule has 11 heteroatoms. The second-order valence-electron chi connectivity index (χ2n) is 7.79. The monoisotopic (exact) mass is 472 g/mol. The fraction of sp³-hybridized carbons (Fsp3) is 0.286. The maximum absolute atomic E-state index is 12.8. The van der Waals surface area contributed by atoms with E-state index in [9.17, 15) is 18.0 Å². The quantitative estimate of drug-likeness (QED) is 0.529. The number of carbonyl (C=O) groups excluding carboxylic acids is 1. The number of fused-ring (bicyclic) bond motifs is 4. The summed E-state index contributed by atoms with van der Waals surface area (Å²) in [6.07, 6.45) is 1.05. The van der Waals surface area contributed by atoms with Crippen molar-refractivity contribution in [3.05, 3.63) is 57.0 Å². The largest absolute Gasteiger partial charge is 0.482 e. The number of aromatic nitrogens is 2. The number of hydrogen-bond acceptors (Lipinski definition) is 8. The van der Waals surface area contributed by atoms with Crippen LogP contribution in [0.1, 0.15) is 28.2 Å². The van der Waals surface area contributed by atoms with Crippen LogP contribution in [0.2, 0.25) is 0 Å². The normalized spacial score (nSPS) is 16.9. The first-order chi connectivity index (χ1) is 15.3. The highest BCUT2D eigenvalue weighted by molar-refractivity contribution is 7.90. The van der Waals surface area contributed by atoms with Crippen molar-refractivity contribution in [3.63, 3.8) is 0 Å². The Bertz CT molecular complexity index is 1440. The van der Waals surface area contributed by atoms with Gasteiger partial charge in [-0.1, -0.05) is 12.6 Å². The number of aromatic amines is 1. The second kappa shape index (κ2) is 7.75. The molecule has 0 unspecified atom stereocenters. The van der Waals surface area contributed by atoms with Crippen LogP contribution in [0.4, 0.5) is 5.69 Å². The summed E-state index contributed by atoms with van der Waals surface area (Å²) in [6, 6.07) is 5.46. The number of sulfone groups is 1. The Morgan fingerprint density at radius 3 is 3.00 bits per heavy atom. The molecule has 3 aromatic rings. The van der Waals surface area contributed by atoms with Crippen molar-refractivity contribution in [2.75, 3.05) is 17.7 Å². The zero-order chi connectivity index (χ0) is 22.5. The molecule has 9 nitrogen and oxygen atoms in total. The minimum Gasteiger partial charge on any atom is -0.482 e. The molecule has 0 saturated heterocycles. The maximum Gasteiger partial charge on any atom is 0.262 e. The smallest absolute Gasteiger partial charge is 0.262 e. The third-order valence-corrected chi connectivity index (χ3v) is 8.39. The molecule has 2 aliphatic rings. The zero-order valence-corrected chi connectivity index (χ0v) is 18.6. The Kier molecular flexibility index (Phi) is 5.01. The van der Waals surface area contributed by atoms with E-state index in [1.54, 1.807) is 6.07 Å². The molecule has 5 rings (SSSR count). The Morgan fingerprint density at radius 2 is 2.16 bits per heavy atom. The zero-order valence-electron chi connectivity index (χ0n) is 17.0. The molecule has 0 aliphatic carbocycles. The molecule has 1 aromatic carbocycles. The molecule has 0 spiro atoms. The third kappa shape index (κ3) is 3.89. The standard InChI is InChI=1S/C21H20N4O5S2/c1-11(22-8-12-4-5-15-14(7-12)23-17(26)9-30-15)19-24-20(27)18-13-3-2-6-32(28,29)10-16(13)31-21(18)25-19/h4-5,7,22H,1-3,6,8-10H2,(H,23,26)(H,24,25,27). The van der Waals surface area contributed by atoms with Crippen molar-refractivity contribution < 1.29 is 17.9 Å². The Labute approximate surface area is 187 Å². The molecule has 0 radical (unpaired) electrons. The molecule has 32 heavy (non-hydrogen) atoms. The van der Waals surface area contributed by atoms with E-state index in [4.69, 9.17) is 4.74 Å². The van der Waals surface area contributed by atoms with Crippen LogP contribution in [0.3, 0.4) is 0 Å². The Hall–Kier alpha value is -3.18. The summed E-state index contributed by atoms with van der Waals surface area (Å²) in [6.45, 7) is 4.37. The molecule has 2 aromatic heterocycles. The summed E-state index contributed by atoms with van der Waals surface area (Å²) in [5.41, 5.74) is 2.42. The van der Waals surface area contributed by atoms with Gasteiger partial charge in [-0.2, -0.15) is 0 Å². The first kappa shape index (κ1) is 20.7. The van der Waals surface area contributed by atoms with Crippen LogP contribution in [0.5, 0.6) is 5.75 Å². The summed E-state index contributed by atoms with van der Waals surface area (Å²) >= 11 is 1.26. The lowest BCUT2D eigenvalue weighted by Crippen LogP contribution is -2.25. The highest BCUT2D eigenvalue weighted by Crippen LogP contribution is 2.33. The average Bonchev–Trinajstić information content (AvgIpc) is 3.00. The van der Waals surface area contributed by atoms with Crippen molar-refractivity contribution in [2.24, 2.45) is 0 Å². The predicted octanol–water partition coefficient (Wildman–Crippen LogP) is 1.94. The topological polar surface area (TPSA) is 130 Å². The number of nitrogens with one attached hydrogen (secondary N) is 3. The van der Waals surface area contributed by atoms with Crippen molar-refractivity contribution in [2.45, 2.75) is 25.1 Å². The molecule has 0 saturated carbocycles. The van der Waals surface area contributed by atoms with Crippen LogP contribution in [0, 0.1) is 0 Å². The van der Waals surface area contributed by atoms with Crippen molar-refractivity contribution in [1.29, 1.82) is 0 Å². The van der Waals surface area contributed by atoms with E-state index in [-0.39, 0.29) is 29.6 Å². The highest BCUT2D eigenvalue weighted by atomic mass is 32.2. The van der Waals surface area contributed by atoms with Gasteiger partial charge in [0.15, 0.2) is 22.3 Å². The van der Waals surface area contributed by atoms with Gasteiger partial charge >= 0.3 is 0 Å². The summed E-state index contributed by atoms with van der Waals surface area (Å²) in [4.78, 5) is 32.9. The number of hydrogen-bond donors (Lipinski definition) is 3. The van der Waals surface area contributed by atoms with Gasteiger partial charge in [0.1, 0.15) is 10.6 Å². The van der Waals surface area contributed by atoms with Crippen LogP contribution in [-0.4, -0.2) is 36.7 Å². The molecular weight excluding hydrogens is 452 g/mol. The fourth-order valence-electron chi connectivity index (χ4n) is 3.91. The first-order valence-corrected chi connectivity index (χ1v) is 12.7. The number of anilines is 1. The molecule has 4 heterocycles. The molecule has 0 bridgehead atoms. The van der Waals surface area contributed by atoms with Crippen molar-refractivity contribution in [3.8, 4) is 5.75 Å². The van der Waals surface area contributed by atoms with Gasteiger partial charge in [0.2, 0.25) is 0 Å². The number of amides is 1. The minimum absolute atomic E-state index is 0.000984. The number of nitrogens with zero attached hydrogens (tertiary/aromatic N) is 1. The number of H-pyrrole nitrogens is 1. The lowest BCUT2D eigenvalue weighted by molar-refractivity contribution is -0.118. The van der Waals surface area contributed by atoms with Gasteiger partial charge in [0, 0.05) is 11.4 Å². The van der Waals surface area contributed by atoms with E-state index < -0.39 is 9.84 Å². The maximum atomic E-state index is 12.8. The molecule has 1 amide bonds. The lowest BCUT2D eigenvalue weighted by atomic mass is 10.1. The molecule has 166 valence electrons. The lowest BCUT2D eigenvalue weighted by Gasteiger charge is -2.18. The van der Waals surface area contributed by atoms with Crippen molar-refractivity contribution >= 4 is 48.7 Å². The van der Waals surface area contributed by atoms with Crippen LogP contribution in [-0.2, 0) is 33.4 Å². The van der Waals surface area contributed by atoms with Gasteiger partial charge < -0.3 is 20.4 Å². The molecule has 0 fully saturated rings. The van der Waals surface area contributed by atoms with Crippen LogP contribution < -0.4 is 20.9 Å². The van der Waals surface area contributed by atoms with Gasteiger partial charge in [-0.25, -0.2) is 13.4 Å². The number of aryl methyl sites for hydroxylation is 1. The van der Waals surface area contributed by atoms with Gasteiger partial charge in [0.05, 0.1) is 28.3 Å². The van der Waals surface area contributed by atoms with E-state index in [1.807, 2.05) is 12.1 Å². The first-order valence-electron chi connectivity index (χ1n) is 10.0. The summed E-state index contributed by atoms with van der Waals surface area (Å²) in [5.74, 6) is 0.803. The Morgan fingerprint density at radius 1 is 1.31 bits per heavy atom. The van der Waals surface area contributed by atoms with Gasteiger partial charge in [-0.05, 0) is 36.1 Å². The Balaban J connectivity index is 1.38. The van der Waals surface area contributed by atoms with E-state index in [0.717, 1.165) is 11.1 Å². The van der Waals surface area contributed by atoms with Gasteiger partial charge in [0.25, 0.3) is 11.5 Å². The molecule has 2 aliphatic heterocycles. The number of rotatable bonds is 4. The predicted molar refractivity (Wildman–Crippen MR) is 122 cm³/mol. The van der Waals surface area contributed by atoms with Crippen molar-refractivity contribution in [1.82, 2.24) is 15.3 Å². The fourth-order valence-corrected chi connectivity index (χ4v) is 7.00. The number of benzene rings is 1. The van der Waals surface area contributed by atoms with E-state index in [0.29, 0.717) is 57.4 Å². The van der Waals surface area contributed by atoms with Gasteiger partial charge in [-0.15, -0.1) is 11.3 Å². The SMILES string of the molecule is C=C(NCc1ccc2c(c1)NC(=O)CO2)c1nc2sc3c(c2c(=O)[nH]1)CCCS(=O)(=O)C3.